The quantitative estimate of drug-likeness (QED) is 0.435. The van der Waals surface area contributed by atoms with Gasteiger partial charge in [0, 0.05) is 29.7 Å². The normalized spacial score (nSPS) is 19.5. The maximum absolute atomic E-state index is 11.3. The predicted molar refractivity (Wildman–Crippen MR) is 114 cm³/mol. The van der Waals surface area contributed by atoms with Crippen LogP contribution >= 0.6 is 0 Å². The van der Waals surface area contributed by atoms with Crippen molar-refractivity contribution in [3.63, 3.8) is 0 Å². The predicted octanol–water partition coefficient (Wildman–Crippen LogP) is 5.40. The fourth-order valence-corrected chi connectivity index (χ4v) is 4.15. The van der Waals surface area contributed by atoms with Crippen molar-refractivity contribution in [2.75, 3.05) is 0 Å². The Bertz CT molecular complexity index is 1140. The van der Waals surface area contributed by atoms with Crippen LogP contribution in [0.25, 0.3) is 0 Å². The van der Waals surface area contributed by atoms with E-state index in [4.69, 9.17) is 9.84 Å². The number of benzene rings is 3. The van der Waals surface area contributed by atoms with Crippen molar-refractivity contribution in [3.8, 4) is 5.75 Å². The number of rotatable bonds is 4. The van der Waals surface area contributed by atoms with Crippen LogP contribution in [0.5, 0.6) is 5.75 Å². The summed E-state index contributed by atoms with van der Waals surface area (Å²) in [5.74, 6) is 0.799. The number of non-ortho nitro benzene ring substituents is 1. The Morgan fingerprint density at radius 2 is 1.90 bits per heavy atom. The Morgan fingerprint density at radius 3 is 2.67 bits per heavy atom. The van der Waals surface area contributed by atoms with Gasteiger partial charge in [0.05, 0.1) is 16.7 Å². The Kier molecular flexibility index (Phi) is 4.47. The summed E-state index contributed by atoms with van der Waals surface area (Å²) < 4.78 is 6.28. The van der Waals surface area contributed by atoms with Gasteiger partial charge in [-0.3, -0.25) is 10.1 Å². The molecule has 0 unspecified atom stereocenters. The van der Waals surface area contributed by atoms with E-state index in [0.29, 0.717) is 0 Å². The fraction of sp³-hybridized carbons (Fsp3) is 0.208. The van der Waals surface area contributed by atoms with Crippen LogP contribution in [0, 0.1) is 10.1 Å². The highest BCUT2D eigenvalue weighted by Crippen LogP contribution is 2.47. The topological polar surface area (TPSA) is 68.0 Å². The number of nitrogens with zero attached hydrogens (tertiary/aromatic N) is 3. The zero-order chi connectivity index (χ0) is 20.7. The molecule has 0 saturated heterocycles. The highest BCUT2D eigenvalue weighted by molar-refractivity contribution is 6.02. The number of aryl methyl sites for hydroxylation is 1. The van der Waals surface area contributed by atoms with Gasteiger partial charge in [-0.2, -0.15) is 5.10 Å². The van der Waals surface area contributed by atoms with Crippen molar-refractivity contribution < 1.29 is 9.66 Å². The Balaban J connectivity index is 1.57. The van der Waals surface area contributed by atoms with Gasteiger partial charge in [0.1, 0.15) is 5.75 Å². The number of ether oxygens (including phenoxy) is 1. The summed E-state index contributed by atoms with van der Waals surface area (Å²) in [4.78, 5) is 10.9. The van der Waals surface area contributed by atoms with E-state index in [1.807, 2.05) is 29.3 Å². The van der Waals surface area contributed by atoms with E-state index >= 15 is 0 Å². The molecule has 3 aromatic rings. The molecule has 30 heavy (non-hydrogen) atoms. The standard InChI is InChI=1S/C24H21N3O3/c1-2-16-10-12-17(13-11-16)21-15-22-20-8-3-4-9-23(20)30-24(26(22)25-21)18-6-5-7-19(14-18)27(28)29/h3-14,22,24H,2,15H2,1H3/t22-,24-/m1/s1. The maximum atomic E-state index is 11.3. The number of hydrogen-bond acceptors (Lipinski definition) is 5. The second kappa shape index (κ2) is 7.30. The number of nitro groups is 1. The Morgan fingerprint density at radius 1 is 1.10 bits per heavy atom. The molecule has 2 atom stereocenters. The molecule has 2 aliphatic heterocycles. The number of nitro benzene ring substituents is 1. The summed E-state index contributed by atoms with van der Waals surface area (Å²) in [5, 5.41) is 18.1. The molecule has 0 bridgehead atoms. The number of hydrazone groups is 1. The Hall–Kier alpha value is -3.67. The minimum atomic E-state index is -0.516. The summed E-state index contributed by atoms with van der Waals surface area (Å²) in [6.07, 6.45) is 1.24. The van der Waals surface area contributed by atoms with Crippen molar-refractivity contribution in [1.82, 2.24) is 5.01 Å². The third-order valence-electron chi connectivity index (χ3n) is 5.76. The van der Waals surface area contributed by atoms with E-state index in [1.165, 1.54) is 11.6 Å². The van der Waals surface area contributed by atoms with Gasteiger partial charge in [0.2, 0.25) is 6.23 Å². The average Bonchev–Trinajstić information content (AvgIpc) is 3.24. The molecule has 2 aliphatic rings. The molecule has 0 aliphatic carbocycles. The minimum absolute atomic E-state index is 0.0278. The average molecular weight is 399 g/mol. The van der Waals surface area contributed by atoms with Gasteiger partial charge >= 0.3 is 0 Å². The molecular formula is C24H21N3O3. The lowest BCUT2D eigenvalue weighted by molar-refractivity contribution is -0.385. The second-order valence-electron chi connectivity index (χ2n) is 7.56. The van der Waals surface area contributed by atoms with Crippen LogP contribution in [0.4, 0.5) is 5.69 Å². The van der Waals surface area contributed by atoms with E-state index in [0.717, 1.165) is 41.0 Å². The molecule has 6 heteroatoms. The maximum Gasteiger partial charge on any atom is 0.269 e. The zero-order valence-corrected chi connectivity index (χ0v) is 16.6. The van der Waals surface area contributed by atoms with Crippen molar-refractivity contribution in [2.45, 2.75) is 32.0 Å². The molecular weight excluding hydrogens is 378 g/mol. The number of hydrogen-bond donors (Lipinski definition) is 0. The molecule has 2 heterocycles. The summed E-state index contributed by atoms with van der Waals surface area (Å²) >= 11 is 0. The Labute approximate surface area is 174 Å². The van der Waals surface area contributed by atoms with Crippen LogP contribution in [0.15, 0.2) is 77.9 Å². The molecule has 0 aromatic heterocycles. The van der Waals surface area contributed by atoms with Crippen LogP contribution < -0.4 is 4.74 Å². The molecule has 150 valence electrons. The van der Waals surface area contributed by atoms with E-state index in [2.05, 4.69) is 37.3 Å². The number of fused-ring (bicyclic) bond motifs is 3. The first-order valence-electron chi connectivity index (χ1n) is 10.1. The lowest BCUT2D eigenvalue weighted by atomic mass is 9.95. The van der Waals surface area contributed by atoms with E-state index in [9.17, 15) is 10.1 Å². The number of para-hydroxylation sites is 1. The molecule has 3 aromatic carbocycles. The lowest BCUT2D eigenvalue weighted by Gasteiger charge is -2.38. The molecule has 0 amide bonds. The minimum Gasteiger partial charge on any atom is -0.464 e. The highest BCUT2D eigenvalue weighted by atomic mass is 16.6. The van der Waals surface area contributed by atoms with Crippen molar-refractivity contribution in [3.05, 3.63) is 105 Å². The molecule has 5 rings (SSSR count). The first kappa shape index (κ1) is 18.4. The fourth-order valence-electron chi connectivity index (χ4n) is 4.15. The summed E-state index contributed by atoms with van der Waals surface area (Å²) in [5.41, 5.74) is 5.23. The zero-order valence-electron chi connectivity index (χ0n) is 16.6. The van der Waals surface area contributed by atoms with E-state index in [1.54, 1.807) is 12.1 Å². The van der Waals surface area contributed by atoms with Crippen LogP contribution in [0.2, 0.25) is 0 Å². The largest absolute Gasteiger partial charge is 0.464 e. The van der Waals surface area contributed by atoms with Crippen molar-refractivity contribution >= 4 is 11.4 Å². The monoisotopic (exact) mass is 399 g/mol. The molecule has 0 fully saturated rings. The SMILES string of the molecule is CCc1ccc(C2=NN3[C@H](C2)c2ccccc2O[C@@H]3c2cccc([N+](=O)[O-])c2)cc1. The highest BCUT2D eigenvalue weighted by Gasteiger charge is 2.41. The molecule has 6 nitrogen and oxygen atoms in total. The third-order valence-corrected chi connectivity index (χ3v) is 5.76. The van der Waals surface area contributed by atoms with E-state index < -0.39 is 6.23 Å². The molecule has 0 saturated carbocycles. The van der Waals surface area contributed by atoms with Gasteiger partial charge in [0.25, 0.3) is 5.69 Å². The van der Waals surface area contributed by atoms with Crippen molar-refractivity contribution in [1.29, 1.82) is 0 Å². The first-order valence-corrected chi connectivity index (χ1v) is 10.1. The van der Waals surface area contributed by atoms with Crippen LogP contribution in [0.1, 0.15) is 47.9 Å². The van der Waals surface area contributed by atoms with Crippen molar-refractivity contribution in [2.24, 2.45) is 5.10 Å². The molecule has 0 N–H and O–H groups in total. The summed E-state index contributed by atoms with van der Waals surface area (Å²) in [6.45, 7) is 2.14. The van der Waals surface area contributed by atoms with Gasteiger partial charge < -0.3 is 4.74 Å². The summed E-state index contributed by atoms with van der Waals surface area (Å²) in [6, 6.07) is 23.1. The van der Waals surface area contributed by atoms with Gasteiger partial charge in [-0.25, -0.2) is 5.01 Å². The smallest absolute Gasteiger partial charge is 0.269 e. The van der Waals surface area contributed by atoms with Gasteiger partial charge in [-0.1, -0.05) is 61.5 Å². The van der Waals surface area contributed by atoms with Gasteiger partial charge in [-0.05, 0) is 23.6 Å². The van der Waals surface area contributed by atoms with Crippen LogP contribution in [-0.2, 0) is 6.42 Å². The van der Waals surface area contributed by atoms with E-state index in [-0.39, 0.29) is 16.7 Å². The molecule has 0 spiro atoms. The van der Waals surface area contributed by atoms with Gasteiger partial charge in [0.15, 0.2) is 0 Å². The third kappa shape index (κ3) is 3.10. The lowest BCUT2D eigenvalue weighted by Crippen LogP contribution is -2.33. The summed E-state index contributed by atoms with van der Waals surface area (Å²) in [7, 11) is 0. The van der Waals surface area contributed by atoms with Crippen LogP contribution in [-0.4, -0.2) is 15.6 Å². The molecule has 0 radical (unpaired) electrons. The second-order valence-corrected chi connectivity index (χ2v) is 7.56. The van der Waals surface area contributed by atoms with Gasteiger partial charge in [-0.15, -0.1) is 0 Å². The first-order chi connectivity index (χ1) is 14.6. The van der Waals surface area contributed by atoms with Crippen LogP contribution in [0.3, 0.4) is 0 Å².